The Balaban J connectivity index is 2.78. The molecule has 0 atom stereocenters. The van der Waals surface area contributed by atoms with Gasteiger partial charge in [0.15, 0.2) is 0 Å². The van der Waals surface area contributed by atoms with E-state index in [0.29, 0.717) is 31.0 Å². The zero-order valence-corrected chi connectivity index (χ0v) is 11.0. The van der Waals surface area contributed by atoms with Gasteiger partial charge in [-0.1, -0.05) is 6.07 Å². The molecule has 7 heteroatoms. The Bertz CT molecular complexity index is 462. The Morgan fingerprint density at radius 2 is 1.89 bits per heavy atom. The second kappa shape index (κ2) is 7.20. The van der Waals surface area contributed by atoms with Crippen molar-refractivity contribution in [1.29, 1.82) is 0 Å². The van der Waals surface area contributed by atoms with Crippen molar-refractivity contribution in [2.24, 2.45) is 0 Å². The standard InChI is InChI=1S/C12H18N4O3/c1-3-13-10-5-4-6-11(12(10)16(18)19)15-8-7-14-9(2)17/h4-6,13,15H,3,7-8H2,1-2H3,(H,14,17). The van der Waals surface area contributed by atoms with E-state index in [1.807, 2.05) is 6.92 Å². The van der Waals surface area contributed by atoms with Crippen molar-refractivity contribution in [2.45, 2.75) is 13.8 Å². The number of nitrogens with one attached hydrogen (secondary N) is 3. The lowest BCUT2D eigenvalue weighted by molar-refractivity contribution is -0.383. The lowest BCUT2D eigenvalue weighted by Crippen LogP contribution is -2.26. The van der Waals surface area contributed by atoms with E-state index in [2.05, 4.69) is 16.0 Å². The molecule has 0 aliphatic carbocycles. The predicted octanol–water partition coefficient (Wildman–Crippen LogP) is 1.57. The maximum atomic E-state index is 11.1. The van der Waals surface area contributed by atoms with E-state index >= 15 is 0 Å². The third-order valence-corrected chi connectivity index (χ3v) is 2.40. The molecule has 1 aromatic rings. The summed E-state index contributed by atoms with van der Waals surface area (Å²) in [5, 5.41) is 19.6. The van der Waals surface area contributed by atoms with Gasteiger partial charge in [0, 0.05) is 26.6 Å². The van der Waals surface area contributed by atoms with Crippen molar-refractivity contribution in [3.63, 3.8) is 0 Å². The number of para-hydroxylation sites is 1. The van der Waals surface area contributed by atoms with Crippen LogP contribution in [-0.2, 0) is 4.79 Å². The molecule has 1 rings (SSSR count). The van der Waals surface area contributed by atoms with Crippen LogP contribution in [0, 0.1) is 10.1 Å². The first-order valence-electron chi connectivity index (χ1n) is 6.05. The third kappa shape index (κ3) is 4.46. The second-order valence-electron chi connectivity index (χ2n) is 3.90. The minimum Gasteiger partial charge on any atom is -0.380 e. The normalized spacial score (nSPS) is 9.79. The van der Waals surface area contributed by atoms with E-state index in [4.69, 9.17) is 0 Å². The quantitative estimate of drug-likeness (QED) is 0.395. The van der Waals surface area contributed by atoms with E-state index in [1.165, 1.54) is 6.92 Å². The van der Waals surface area contributed by atoms with E-state index < -0.39 is 4.92 Å². The fraction of sp³-hybridized carbons (Fsp3) is 0.417. The lowest BCUT2D eigenvalue weighted by Gasteiger charge is -2.11. The highest BCUT2D eigenvalue weighted by Crippen LogP contribution is 2.32. The molecule has 0 radical (unpaired) electrons. The Kier molecular flexibility index (Phi) is 5.59. The number of nitro benzene ring substituents is 1. The first-order chi connectivity index (χ1) is 9.06. The van der Waals surface area contributed by atoms with Crippen molar-refractivity contribution in [3.05, 3.63) is 28.3 Å². The average molecular weight is 266 g/mol. The van der Waals surface area contributed by atoms with Gasteiger partial charge in [0.05, 0.1) is 4.92 Å². The fourth-order valence-corrected chi connectivity index (χ4v) is 1.65. The number of carbonyl (C=O) groups excluding carboxylic acids is 1. The molecule has 0 bridgehead atoms. The van der Waals surface area contributed by atoms with E-state index in [1.54, 1.807) is 18.2 Å². The summed E-state index contributed by atoms with van der Waals surface area (Å²) in [6.45, 7) is 4.75. The van der Waals surface area contributed by atoms with Crippen LogP contribution in [0.3, 0.4) is 0 Å². The van der Waals surface area contributed by atoms with E-state index in [-0.39, 0.29) is 11.6 Å². The molecule has 1 aromatic carbocycles. The van der Waals surface area contributed by atoms with Gasteiger partial charge in [0.2, 0.25) is 5.91 Å². The van der Waals surface area contributed by atoms with Gasteiger partial charge in [-0.05, 0) is 19.1 Å². The van der Waals surface area contributed by atoms with Crippen molar-refractivity contribution in [2.75, 3.05) is 30.3 Å². The summed E-state index contributed by atoms with van der Waals surface area (Å²) in [4.78, 5) is 21.4. The summed E-state index contributed by atoms with van der Waals surface area (Å²) in [5.74, 6) is -0.127. The molecule has 104 valence electrons. The topological polar surface area (TPSA) is 96.3 Å². The molecular weight excluding hydrogens is 248 g/mol. The monoisotopic (exact) mass is 266 g/mol. The first kappa shape index (κ1) is 14.7. The number of hydrogen-bond acceptors (Lipinski definition) is 5. The van der Waals surface area contributed by atoms with Gasteiger partial charge in [-0.3, -0.25) is 14.9 Å². The smallest absolute Gasteiger partial charge is 0.315 e. The molecule has 1 amide bonds. The number of benzene rings is 1. The zero-order chi connectivity index (χ0) is 14.3. The maximum absolute atomic E-state index is 11.1. The maximum Gasteiger partial charge on any atom is 0.315 e. The van der Waals surface area contributed by atoms with Gasteiger partial charge in [-0.15, -0.1) is 0 Å². The van der Waals surface area contributed by atoms with Crippen molar-refractivity contribution < 1.29 is 9.72 Å². The van der Waals surface area contributed by atoms with Gasteiger partial charge in [-0.2, -0.15) is 0 Å². The van der Waals surface area contributed by atoms with Gasteiger partial charge >= 0.3 is 5.69 Å². The summed E-state index contributed by atoms with van der Waals surface area (Å²) < 4.78 is 0. The number of amides is 1. The van der Waals surface area contributed by atoms with Crippen LogP contribution in [0.2, 0.25) is 0 Å². The van der Waals surface area contributed by atoms with Crippen LogP contribution in [0.5, 0.6) is 0 Å². The van der Waals surface area contributed by atoms with Crippen LogP contribution in [-0.4, -0.2) is 30.5 Å². The Morgan fingerprint density at radius 1 is 1.26 bits per heavy atom. The molecule has 0 fully saturated rings. The molecule has 0 saturated carbocycles. The van der Waals surface area contributed by atoms with Gasteiger partial charge in [-0.25, -0.2) is 0 Å². The summed E-state index contributed by atoms with van der Waals surface area (Å²) in [7, 11) is 0. The number of nitrogens with zero attached hydrogens (tertiary/aromatic N) is 1. The Hall–Kier alpha value is -2.31. The summed E-state index contributed by atoms with van der Waals surface area (Å²) in [6.07, 6.45) is 0. The number of carbonyl (C=O) groups is 1. The molecular formula is C12H18N4O3. The zero-order valence-electron chi connectivity index (χ0n) is 11.0. The van der Waals surface area contributed by atoms with Crippen LogP contribution in [0.15, 0.2) is 18.2 Å². The molecule has 0 saturated heterocycles. The molecule has 7 nitrogen and oxygen atoms in total. The average Bonchev–Trinajstić information content (AvgIpc) is 2.34. The van der Waals surface area contributed by atoms with Crippen LogP contribution in [0.4, 0.5) is 17.1 Å². The fourth-order valence-electron chi connectivity index (χ4n) is 1.65. The van der Waals surface area contributed by atoms with Crippen molar-refractivity contribution >= 4 is 23.0 Å². The van der Waals surface area contributed by atoms with Crippen molar-refractivity contribution in [3.8, 4) is 0 Å². The number of anilines is 2. The van der Waals surface area contributed by atoms with Crippen LogP contribution in [0.1, 0.15) is 13.8 Å². The van der Waals surface area contributed by atoms with Crippen LogP contribution < -0.4 is 16.0 Å². The Morgan fingerprint density at radius 3 is 2.42 bits per heavy atom. The SMILES string of the molecule is CCNc1cccc(NCCNC(C)=O)c1[N+](=O)[O-]. The number of nitro groups is 1. The minimum absolute atomic E-state index is 0.0205. The minimum atomic E-state index is -0.418. The molecule has 0 heterocycles. The third-order valence-electron chi connectivity index (χ3n) is 2.40. The van der Waals surface area contributed by atoms with E-state index in [9.17, 15) is 14.9 Å². The second-order valence-corrected chi connectivity index (χ2v) is 3.90. The highest BCUT2D eigenvalue weighted by atomic mass is 16.6. The molecule has 0 aliphatic heterocycles. The van der Waals surface area contributed by atoms with Gasteiger partial charge in [0.25, 0.3) is 0 Å². The highest BCUT2D eigenvalue weighted by Gasteiger charge is 2.18. The van der Waals surface area contributed by atoms with Crippen LogP contribution >= 0.6 is 0 Å². The first-order valence-corrected chi connectivity index (χ1v) is 6.05. The summed E-state index contributed by atoms with van der Waals surface area (Å²) >= 11 is 0. The largest absolute Gasteiger partial charge is 0.380 e. The number of rotatable bonds is 7. The highest BCUT2D eigenvalue weighted by molar-refractivity contribution is 5.76. The lowest BCUT2D eigenvalue weighted by atomic mass is 10.2. The predicted molar refractivity (Wildman–Crippen MR) is 74.4 cm³/mol. The molecule has 0 spiro atoms. The molecule has 0 aliphatic rings. The summed E-state index contributed by atoms with van der Waals surface area (Å²) in [6, 6.07) is 5.05. The molecule has 3 N–H and O–H groups in total. The molecule has 0 unspecified atom stereocenters. The van der Waals surface area contributed by atoms with Gasteiger partial charge < -0.3 is 16.0 Å². The molecule has 19 heavy (non-hydrogen) atoms. The van der Waals surface area contributed by atoms with Crippen molar-refractivity contribution in [1.82, 2.24) is 5.32 Å². The Labute approximate surface area is 111 Å². The van der Waals surface area contributed by atoms with E-state index in [0.717, 1.165) is 0 Å². The number of hydrogen-bond donors (Lipinski definition) is 3. The van der Waals surface area contributed by atoms with Crippen LogP contribution in [0.25, 0.3) is 0 Å². The van der Waals surface area contributed by atoms with Gasteiger partial charge in [0.1, 0.15) is 11.4 Å². The molecule has 0 aromatic heterocycles. The summed E-state index contributed by atoms with van der Waals surface area (Å²) in [5.41, 5.74) is 0.943.